The van der Waals surface area contributed by atoms with Gasteiger partial charge in [0.2, 0.25) is 0 Å². The number of hydrogen-bond acceptors (Lipinski definition) is 6. The van der Waals surface area contributed by atoms with Gasteiger partial charge >= 0.3 is 0 Å². The molecule has 36 heavy (non-hydrogen) atoms. The average Bonchev–Trinajstić information content (AvgIpc) is 3.15. The maximum Gasteiger partial charge on any atom is 0.255 e. The zero-order chi connectivity index (χ0) is 26.0. The van der Waals surface area contributed by atoms with Gasteiger partial charge in [-0.05, 0) is 55.7 Å². The number of para-hydroxylation sites is 1. The molecule has 0 aliphatic rings. The fraction of sp³-hybridized carbons (Fsp3) is 0.192. The number of imidazole rings is 1. The maximum absolute atomic E-state index is 14.3. The molecule has 0 spiro atoms. The topological polar surface area (TPSA) is 134 Å². The largest absolute Gasteiger partial charge is 0.484 e. The van der Waals surface area contributed by atoms with Gasteiger partial charge in [-0.25, -0.2) is 9.37 Å². The Hall–Kier alpha value is -4.60. The molecular weight excluding hydrogens is 465 g/mol. The molecule has 2 amide bonds. The van der Waals surface area contributed by atoms with Crippen LogP contribution in [0, 0.1) is 26.6 Å². The van der Waals surface area contributed by atoms with E-state index in [2.05, 4.69) is 5.32 Å². The normalized spacial score (nSPS) is 10.9. The third-order valence-corrected chi connectivity index (χ3v) is 5.57. The number of primary amides is 2. The molecule has 0 bridgehead atoms. The SMILES string of the molecule is Cc1cccc(C)c1Nc1c(-c2c(C)cc(OCC(N)=O)cc2OCC(N)=O)nc2ccc(F)cn12. The summed E-state index contributed by atoms with van der Waals surface area (Å²) in [5, 5.41) is 3.43. The highest BCUT2D eigenvalue weighted by Gasteiger charge is 2.23. The average molecular weight is 492 g/mol. The number of benzene rings is 2. The van der Waals surface area contributed by atoms with Crippen molar-refractivity contribution in [1.82, 2.24) is 9.38 Å². The van der Waals surface area contributed by atoms with E-state index in [0.29, 0.717) is 34.0 Å². The third kappa shape index (κ3) is 5.07. The Balaban J connectivity index is 1.94. The number of ether oxygens (including phenoxy) is 2. The van der Waals surface area contributed by atoms with E-state index in [1.165, 1.54) is 18.3 Å². The van der Waals surface area contributed by atoms with Gasteiger partial charge < -0.3 is 26.3 Å². The lowest BCUT2D eigenvalue weighted by molar-refractivity contribution is -0.120. The van der Waals surface area contributed by atoms with Crippen molar-refractivity contribution in [2.75, 3.05) is 18.5 Å². The van der Waals surface area contributed by atoms with Gasteiger partial charge in [0.05, 0.1) is 0 Å². The highest BCUT2D eigenvalue weighted by Crippen LogP contribution is 2.42. The predicted octanol–water partition coefficient (Wildman–Crippen LogP) is 3.54. The fourth-order valence-corrected chi connectivity index (χ4v) is 3.97. The number of nitrogens with one attached hydrogen (secondary N) is 1. The number of halogens is 1. The van der Waals surface area contributed by atoms with Crippen LogP contribution in [0.4, 0.5) is 15.9 Å². The van der Waals surface area contributed by atoms with Crippen molar-refractivity contribution in [2.24, 2.45) is 11.5 Å². The summed E-state index contributed by atoms with van der Waals surface area (Å²) in [6.07, 6.45) is 1.34. The molecule has 0 atom stereocenters. The summed E-state index contributed by atoms with van der Waals surface area (Å²) in [6, 6.07) is 12.0. The van der Waals surface area contributed by atoms with Gasteiger partial charge in [-0.1, -0.05) is 18.2 Å². The first-order valence-corrected chi connectivity index (χ1v) is 11.1. The number of nitrogens with two attached hydrogens (primary N) is 2. The number of rotatable bonds is 9. The lowest BCUT2D eigenvalue weighted by atomic mass is 10.0. The van der Waals surface area contributed by atoms with Crippen molar-refractivity contribution in [1.29, 1.82) is 0 Å². The number of nitrogens with zero attached hydrogens (tertiary/aromatic N) is 2. The van der Waals surface area contributed by atoms with Crippen molar-refractivity contribution in [2.45, 2.75) is 20.8 Å². The van der Waals surface area contributed by atoms with Gasteiger partial charge in [-0.2, -0.15) is 0 Å². The van der Waals surface area contributed by atoms with Gasteiger partial charge in [0.1, 0.15) is 34.5 Å². The fourth-order valence-electron chi connectivity index (χ4n) is 3.97. The van der Waals surface area contributed by atoms with Crippen LogP contribution in [-0.4, -0.2) is 34.4 Å². The minimum absolute atomic E-state index is 0.252. The van der Waals surface area contributed by atoms with E-state index in [1.807, 2.05) is 32.0 Å². The van der Waals surface area contributed by atoms with Gasteiger partial charge in [0.15, 0.2) is 13.2 Å². The molecular formula is C26H26FN5O4. The lowest BCUT2D eigenvalue weighted by Crippen LogP contribution is -2.21. The predicted molar refractivity (Wildman–Crippen MR) is 134 cm³/mol. The molecule has 0 aliphatic heterocycles. The summed E-state index contributed by atoms with van der Waals surface area (Å²) < 4.78 is 27.1. The molecule has 0 saturated carbocycles. The van der Waals surface area contributed by atoms with Crippen LogP contribution < -0.4 is 26.3 Å². The summed E-state index contributed by atoms with van der Waals surface area (Å²) in [4.78, 5) is 27.5. The van der Waals surface area contributed by atoms with Crippen molar-refractivity contribution < 1.29 is 23.5 Å². The zero-order valence-corrected chi connectivity index (χ0v) is 20.1. The Morgan fingerprint density at radius 2 is 1.64 bits per heavy atom. The van der Waals surface area contributed by atoms with E-state index in [-0.39, 0.29) is 12.4 Å². The number of carbonyl (C=O) groups excluding carboxylic acids is 2. The van der Waals surface area contributed by atoms with E-state index in [4.69, 9.17) is 25.9 Å². The van der Waals surface area contributed by atoms with E-state index in [0.717, 1.165) is 16.8 Å². The van der Waals surface area contributed by atoms with Gasteiger partial charge in [0.25, 0.3) is 11.8 Å². The second-order valence-electron chi connectivity index (χ2n) is 8.40. The minimum Gasteiger partial charge on any atom is -0.484 e. The molecule has 0 saturated heterocycles. The van der Waals surface area contributed by atoms with Crippen LogP contribution in [0.1, 0.15) is 16.7 Å². The van der Waals surface area contributed by atoms with E-state index < -0.39 is 24.2 Å². The zero-order valence-electron chi connectivity index (χ0n) is 20.1. The van der Waals surface area contributed by atoms with Crippen LogP contribution in [0.5, 0.6) is 11.5 Å². The van der Waals surface area contributed by atoms with Gasteiger partial charge in [0, 0.05) is 23.5 Å². The van der Waals surface area contributed by atoms with Crippen LogP contribution in [0.2, 0.25) is 0 Å². The number of aryl methyl sites for hydroxylation is 3. The first-order valence-electron chi connectivity index (χ1n) is 11.1. The maximum atomic E-state index is 14.3. The van der Waals surface area contributed by atoms with E-state index in [1.54, 1.807) is 23.5 Å². The monoisotopic (exact) mass is 491 g/mol. The van der Waals surface area contributed by atoms with Gasteiger partial charge in [-0.15, -0.1) is 0 Å². The molecule has 0 unspecified atom stereocenters. The molecule has 2 heterocycles. The molecule has 4 rings (SSSR count). The number of carbonyl (C=O) groups is 2. The number of hydrogen-bond donors (Lipinski definition) is 3. The van der Waals surface area contributed by atoms with Crippen molar-refractivity contribution in [3.8, 4) is 22.8 Å². The van der Waals surface area contributed by atoms with Gasteiger partial charge in [-0.3, -0.25) is 14.0 Å². The van der Waals surface area contributed by atoms with Crippen LogP contribution in [0.15, 0.2) is 48.7 Å². The molecule has 2 aromatic carbocycles. The lowest BCUT2D eigenvalue weighted by Gasteiger charge is -2.17. The summed E-state index contributed by atoms with van der Waals surface area (Å²) in [7, 11) is 0. The molecule has 10 heteroatoms. The first-order chi connectivity index (χ1) is 17.1. The van der Waals surface area contributed by atoms with E-state index >= 15 is 0 Å². The molecule has 9 nitrogen and oxygen atoms in total. The van der Waals surface area contributed by atoms with Crippen LogP contribution in [0.3, 0.4) is 0 Å². The number of amides is 2. The Kier molecular flexibility index (Phi) is 6.77. The molecule has 186 valence electrons. The number of anilines is 2. The van der Waals surface area contributed by atoms with E-state index in [9.17, 15) is 14.0 Å². The second-order valence-corrected chi connectivity index (χ2v) is 8.40. The number of pyridine rings is 1. The van der Waals surface area contributed by atoms with Crippen LogP contribution in [0.25, 0.3) is 16.9 Å². The summed E-state index contributed by atoms with van der Waals surface area (Å²) >= 11 is 0. The quantitative estimate of drug-likeness (QED) is 0.328. The second kappa shape index (κ2) is 9.95. The van der Waals surface area contributed by atoms with Crippen molar-refractivity contribution in [3.05, 3.63) is 71.2 Å². The van der Waals surface area contributed by atoms with Crippen molar-refractivity contribution in [3.63, 3.8) is 0 Å². The van der Waals surface area contributed by atoms with Crippen LogP contribution >= 0.6 is 0 Å². The summed E-state index contributed by atoms with van der Waals surface area (Å²) in [5.74, 6) is -0.685. The molecule has 4 aromatic rings. The molecule has 0 fully saturated rings. The number of fused-ring (bicyclic) bond motifs is 1. The molecule has 0 aliphatic carbocycles. The van der Waals surface area contributed by atoms with Crippen LogP contribution in [-0.2, 0) is 9.59 Å². The Labute approximate surface area is 206 Å². The highest BCUT2D eigenvalue weighted by atomic mass is 19.1. The molecule has 0 radical (unpaired) electrons. The smallest absolute Gasteiger partial charge is 0.255 e. The summed E-state index contributed by atoms with van der Waals surface area (Å²) in [5.41, 5.74) is 15.5. The Morgan fingerprint density at radius 1 is 0.972 bits per heavy atom. The Bertz CT molecular complexity index is 1460. The highest BCUT2D eigenvalue weighted by molar-refractivity contribution is 5.86. The Morgan fingerprint density at radius 3 is 2.31 bits per heavy atom. The van der Waals surface area contributed by atoms with Crippen molar-refractivity contribution >= 4 is 29.0 Å². The first kappa shape index (κ1) is 24.5. The minimum atomic E-state index is -0.673. The summed E-state index contributed by atoms with van der Waals surface area (Å²) in [6.45, 7) is 5.01. The standard InChI is InChI=1S/C26H26FN5O4/c1-14-5-4-6-15(2)24(14)31-26-25(30-22-8-7-17(27)11-32(22)26)23-16(3)9-18(35-12-20(28)33)10-19(23)36-13-21(29)34/h4-11,31H,12-13H2,1-3H3,(H2,28,33)(H2,29,34). The third-order valence-electron chi connectivity index (χ3n) is 5.57. The number of aromatic nitrogens is 2. The molecule has 5 N–H and O–H groups in total. The molecule has 2 aromatic heterocycles.